The number of carboxylic acids is 1. The maximum absolute atomic E-state index is 13.7. The summed E-state index contributed by atoms with van der Waals surface area (Å²) in [5.41, 5.74) is -0.326. The second-order valence-electron chi connectivity index (χ2n) is 4.63. The van der Waals surface area contributed by atoms with E-state index in [2.05, 4.69) is 0 Å². The van der Waals surface area contributed by atoms with Crippen molar-refractivity contribution in [2.75, 3.05) is 13.1 Å². The van der Waals surface area contributed by atoms with E-state index >= 15 is 0 Å². The van der Waals surface area contributed by atoms with Gasteiger partial charge in [-0.3, -0.25) is 9.69 Å². The van der Waals surface area contributed by atoms with Gasteiger partial charge in [-0.1, -0.05) is 6.42 Å². The van der Waals surface area contributed by atoms with Gasteiger partial charge in [0.05, 0.1) is 0 Å². The molecule has 0 radical (unpaired) electrons. The van der Waals surface area contributed by atoms with Crippen LogP contribution in [-0.2, 0) is 4.79 Å². The summed E-state index contributed by atoms with van der Waals surface area (Å²) in [6, 6.07) is -0.238. The van der Waals surface area contributed by atoms with Gasteiger partial charge in [-0.05, 0) is 32.0 Å². The van der Waals surface area contributed by atoms with Gasteiger partial charge in [-0.2, -0.15) is 0 Å². The highest BCUT2D eigenvalue weighted by molar-refractivity contribution is 5.75. The number of carboxylic acid groups (broad SMARTS) is 1. The van der Waals surface area contributed by atoms with Crippen LogP contribution in [0.3, 0.4) is 0 Å². The van der Waals surface area contributed by atoms with Gasteiger partial charge in [0.25, 0.3) is 0 Å². The summed E-state index contributed by atoms with van der Waals surface area (Å²) >= 11 is 0. The van der Waals surface area contributed by atoms with Crippen molar-refractivity contribution in [3.05, 3.63) is 35.1 Å². The minimum absolute atomic E-state index is 0.326. The predicted molar refractivity (Wildman–Crippen MR) is 62.1 cm³/mol. The smallest absolute Gasteiger partial charge is 0.325 e. The number of hydrogen-bond acceptors (Lipinski definition) is 2. The molecule has 0 amide bonds. The summed E-state index contributed by atoms with van der Waals surface area (Å²) in [6.07, 6.45) is 2.62. The first-order chi connectivity index (χ1) is 9.00. The zero-order valence-corrected chi connectivity index (χ0v) is 10.2. The number of benzene rings is 1. The zero-order valence-electron chi connectivity index (χ0n) is 10.2. The van der Waals surface area contributed by atoms with Crippen LogP contribution in [0.15, 0.2) is 12.1 Å². The number of likely N-dealkylation sites (tertiary alicyclic amines) is 1. The van der Waals surface area contributed by atoms with Crippen LogP contribution in [0.25, 0.3) is 0 Å². The Morgan fingerprint density at radius 3 is 2.21 bits per heavy atom. The Bertz CT molecular complexity index is 487. The SMILES string of the molecule is O=C(O)C(c1cc(F)c(F)cc1F)N1CCCCC1. The second kappa shape index (κ2) is 5.61. The van der Waals surface area contributed by atoms with E-state index in [0.717, 1.165) is 19.3 Å². The van der Waals surface area contributed by atoms with Crippen LogP contribution >= 0.6 is 0 Å². The van der Waals surface area contributed by atoms with E-state index in [0.29, 0.717) is 25.2 Å². The van der Waals surface area contributed by atoms with Crippen LogP contribution in [0.4, 0.5) is 13.2 Å². The highest BCUT2D eigenvalue weighted by Crippen LogP contribution is 2.28. The molecule has 104 valence electrons. The summed E-state index contributed by atoms with van der Waals surface area (Å²) in [5.74, 6) is -4.84. The lowest BCUT2D eigenvalue weighted by atomic mass is 10.0. The Kier molecular flexibility index (Phi) is 4.09. The molecule has 0 saturated carbocycles. The fraction of sp³-hybridized carbons (Fsp3) is 0.462. The number of nitrogens with zero attached hydrogens (tertiary/aromatic N) is 1. The van der Waals surface area contributed by atoms with Crippen molar-refractivity contribution in [2.45, 2.75) is 25.3 Å². The Hall–Kier alpha value is -1.56. The molecule has 0 spiro atoms. The molecule has 1 unspecified atom stereocenters. The van der Waals surface area contributed by atoms with Crippen molar-refractivity contribution in [1.29, 1.82) is 0 Å². The van der Waals surface area contributed by atoms with Crippen molar-refractivity contribution in [1.82, 2.24) is 4.90 Å². The molecule has 2 rings (SSSR count). The van der Waals surface area contributed by atoms with Crippen LogP contribution < -0.4 is 0 Å². The average Bonchev–Trinajstić information content (AvgIpc) is 2.37. The van der Waals surface area contributed by atoms with E-state index < -0.39 is 29.5 Å². The summed E-state index contributed by atoms with van der Waals surface area (Å²) in [6.45, 7) is 1.02. The van der Waals surface area contributed by atoms with Gasteiger partial charge in [0.2, 0.25) is 0 Å². The molecule has 19 heavy (non-hydrogen) atoms. The summed E-state index contributed by atoms with van der Waals surface area (Å²) in [4.78, 5) is 12.9. The monoisotopic (exact) mass is 273 g/mol. The molecule has 1 aromatic rings. The zero-order chi connectivity index (χ0) is 14.0. The Morgan fingerprint density at radius 1 is 1.05 bits per heavy atom. The first-order valence-corrected chi connectivity index (χ1v) is 6.12. The van der Waals surface area contributed by atoms with Crippen molar-refractivity contribution in [2.24, 2.45) is 0 Å². The molecule has 1 saturated heterocycles. The number of halogens is 3. The second-order valence-corrected chi connectivity index (χ2v) is 4.63. The number of hydrogen-bond donors (Lipinski definition) is 1. The number of rotatable bonds is 3. The Labute approximate surface area is 108 Å². The Balaban J connectivity index is 2.38. The summed E-state index contributed by atoms with van der Waals surface area (Å²) in [7, 11) is 0. The van der Waals surface area contributed by atoms with Gasteiger partial charge in [-0.25, -0.2) is 13.2 Å². The maximum atomic E-state index is 13.7. The van der Waals surface area contributed by atoms with E-state index in [1.54, 1.807) is 4.90 Å². The van der Waals surface area contributed by atoms with Crippen LogP contribution in [-0.4, -0.2) is 29.1 Å². The fourth-order valence-electron chi connectivity index (χ4n) is 2.41. The Morgan fingerprint density at radius 2 is 1.63 bits per heavy atom. The lowest BCUT2D eigenvalue weighted by Crippen LogP contribution is -2.38. The first kappa shape index (κ1) is 13.9. The van der Waals surface area contributed by atoms with Crippen LogP contribution in [0, 0.1) is 17.5 Å². The topological polar surface area (TPSA) is 40.5 Å². The third kappa shape index (κ3) is 2.89. The molecule has 1 atom stereocenters. The third-order valence-electron chi connectivity index (χ3n) is 3.32. The largest absolute Gasteiger partial charge is 0.480 e. The van der Waals surface area contributed by atoms with Gasteiger partial charge in [0.15, 0.2) is 11.6 Å². The quantitative estimate of drug-likeness (QED) is 0.861. The molecule has 1 aromatic carbocycles. The summed E-state index contributed by atoms with van der Waals surface area (Å²) in [5, 5.41) is 9.24. The molecular formula is C13H14F3NO2. The fourth-order valence-corrected chi connectivity index (χ4v) is 2.41. The van der Waals surface area contributed by atoms with E-state index in [1.165, 1.54) is 0 Å². The van der Waals surface area contributed by atoms with Gasteiger partial charge in [-0.15, -0.1) is 0 Å². The highest BCUT2D eigenvalue weighted by atomic mass is 19.2. The molecule has 0 aromatic heterocycles. The van der Waals surface area contributed by atoms with Gasteiger partial charge in [0.1, 0.15) is 11.9 Å². The van der Waals surface area contributed by atoms with Crippen molar-refractivity contribution >= 4 is 5.97 Å². The van der Waals surface area contributed by atoms with Gasteiger partial charge >= 0.3 is 5.97 Å². The van der Waals surface area contributed by atoms with Crippen molar-refractivity contribution in [3.8, 4) is 0 Å². The van der Waals surface area contributed by atoms with Crippen LogP contribution in [0.5, 0.6) is 0 Å². The third-order valence-corrected chi connectivity index (χ3v) is 3.32. The highest BCUT2D eigenvalue weighted by Gasteiger charge is 2.31. The lowest BCUT2D eigenvalue weighted by molar-refractivity contribution is -0.144. The predicted octanol–water partition coefficient (Wildman–Crippen LogP) is 2.72. The minimum atomic E-state index is -1.32. The van der Waals surface area contributed by atoms with Crippen molar-refractivity contribution in [3.63, 3.8) is 0 Å². The molecular weight excluding hydrogens is 259 g/mol. The molecule has 1 aliphatic heterocycles. The maximum Gasteiger partial charge on any atom is 0.325 e. The van der Waals surface area contributed by atoms with Gasteiger partial charge in [0, 0.05) is 11.6 Å². The minimum Gasteiger partial charge on any atom is -0.480 e. The van der Waals surface area contributed by atoms with Gasteiger partial charge < -0.3 is 5.11 Å². The molecule has 0 bridgehead atoms. The van der Waals surface area contributed by atoms with E-state index in [1.807, 2.05) is 0 Å². The number of piperidine rings is 1. The first-order valence-electron chi connectivity index (χ1n) is 6.12. The van der Waals surface area contributed by atoms with E-state index in [-0.39, 0.29) is 5.56 Å². The molecule has 1 aliphatic rings. The normalized spacial score (nSPS) is 18.3. The standard InChI is InChI=1S/C13H14F3NO2/c14-9-7-11(16)10(15)6-8(9)12(13(18)19)17-4-2-1-3-5-17/h6-7,12H,1-5H2,(H,18,19). The van der Waals surface area contributed by atoms with Crippen LogP contribution in [0.2, 0.25) is 0 Å². The molecule has 3 nitrogen and oxygen atoms in total. The summed E-state index contributed by atoms with van der Waals surface area (Å²) < 4.78 is 39.8. The van der Waals surface area contributed by atoms with E-state index in [9.17, 15) is 23.1 Å². The van der Waals surface area contributed by atoms with E-state index in [4.69, 9.17) is 0 Å². The van der Waals surface area contributed by atoms with Crippen molar-refractivity contribution < 1.29 is 23.1 Å². The number of aliphatic carboxylic acids is 1. The average molecular weight is 273 g/mol. The molecule has 1 N–H and O–H groups in total. The molecule has 1 heterocycles. The molecule has 6 heteroatoms. The lowest BCUT2D eigenvalue weighted by Gasteiger charge is -2.32. The molecule has 0 aliphatic carbocycles. The van der Waals surface area contributed by atoms with Crippen LogP contribution in [0.1, 0.15) is 30.9 Å². The number of carbonyl (C=O) groups is 1. The molecule has 1 fully saturated rings.